The molecule has 2 nitrogen and oxygen atoms in total. The predicted octanol–water partition coefficient (Wildman–Crippen LogP) is 3.59. The molecule has 2 N–H and O–H groups in total. The summed E-state index contributed by atoms with van der Waals surface area (Å²) in [7, 11) is 0. The van der Waals surface area contributed by atoms with E-state index in [9.17, 15) is 0 Å². The van der Waals surface area contributed by atoms with Crippen LogP contribution in [0.5, 0.6) is 0 Å². The van der Waals surface area contributed by atoms with Crippen LogP contribution in [0.4, 0.5) is 0 Å². The minimum Gasteiger partial charge on any atom is -0.323 e. The molecule has 0 bridgehead atoms. The Bertz CT molecular complexity index is 374. The highest BCUT2D eigenvalue weighted by molar-refractivity contribution is 5.20. The zero-order valence-electron chi connectivity index (χ0n) is 12.5. The minimum atomic E-state index is 0.119. The lowest BCUT2D eigenvalue weighted by molar-refractivity contribution is 0.114. The monoisotopic (exact) mass is 260 g/mol. The van der Waals surface area contributed by atoms with Crippen molar-refractivity contribution in [3.63, 3.8) is 0 Å². The molecule has 2 heteroatoms. The third-order valence-electron chi connectivity index (χ3n) is 4.51. The van der Waals surface area contributed by atoms with Gasteiger partial charge in [-0.05, 0) is 37.3 Å². The summed E-state index contributed by atoms with van der Waals surface area (Å²) in [5.74, 6) is 0.586. The Labute approximate surface area is 118 Å². The van der Waals surface area contributed by atoms with E-state index in [1.807, 2.05) is 0 Å². The van der Waals surface area contributed by atoms with Gasteiger partial charge in [0, 0.05) is 18.1 Å². The molecule has 0 aromatic heterocycles. The second-order valence-electron chi connectivity index (χ2n) is 6.11. The lowest BCUT2D eigenvalue weighted by Gasteiger charge is -2.39. The fourth-order valence-electron chi connectivity index (χ4n) is 3.57. The van der Waals surface area contributed by atoms with Crippen molar-refractivity contribution >= 4 is 0 Å². The molecule has 3 atom stereocenters. The summed E-state index contributed by atoms with van der Waals surface area (Å²) in [6.07, 6.45) is 3.90. The van der Waals surface area contributed by atoms with E-state index in [0.29, 0.717) is 12.0 Å². The van der Waals surface area contributed by atoms with Crippen molar-refractivity contribution in [2.75, 3.05) is 6.54 Å². The zero-order chi connectivity index (χ0) is 13.8. The Balaban J connectivity index is 2.20. The van der Waals surface area contributed by atoms with Crippen LogP contribution < -0.4 is 5.73 Å². The van der Waals surface area contributed by atoms with Crippen molar-refractivity contribution in [2.24, 2.45) is 11.7 Å². The Morgan fingerprint density at radius 1 is 1.26 bits per heavy atom. The summed E-state index contributed by atoms with van der Waals surface area (Å²) < 4.78 is 0. The van der Waals surface area contributed by atoms with Crippen LogP contribution in [0.15, 0.2) is 30.3 Å². The van der Waals surface area contributed by atoms with E-state index in [2.05, 4.69) is 56.0 Å². The Kier molecular flexibility index (Phi) is 5.00. The molecule has 1 fully saturated rings. The Morgan fingerprint density at radius 2 is 1.95 bits per heavy atom. The quantitative estimate of drug-likeness (QED) is 0.876. The third-order valence-corrected chi connectivity index (χ3v) is 4.51. The number of benzene rings is 1. The molecule has 3 unspecified atom stereocenters. The van der Waals surface area contributed by atoms with Crippen molar-refractivity contribution in [3.05, 3.63) is 35.9 Å². The summed E-state index contributed by atoms with van der Waals surface area (Å²) in [4.78, 5) is 2.67. The van der Waals surface area contributed by atoms with Gasteiger partial charge in [0.2, 0.25) is 0 Å². The number of hydrogen-bond donors (Lipinski definition) is 1. The molecule has 0 spiro atoms. The summed E-state index contributed by atoms with van der Waals surface area (Å²) in [5, 5.41) is 0. The van der Waals surface area contributed by atoms with Crippen LogP contribution in [0.1, 0.15) is 51.6 Å². The van der Waals surface area contributed by atoms with Crippen molar-refractivity contribution in [1.82, 2.24) is 4.90 Å². The van der Waals surface area contributed by atoms with Crippen molar-refractivity contribution < 1.29 is 0 Å². The van der Waals surface area contributed by atoms with Gasteiger partial charge in [-0.25, -0.2) is 0 Å². The van der Waals surface area contributed by atoms with E-state index >= 15 is 0 Å². The third kappa shape index (κ3) is 3.18. The van der Waals surface area contributed by atoms with Gasteiger partial charge in [-0.2, -0.15) is 0 Å². The van der Waals surface area contributed by atoms with Crippen LogP contribution in [0.2, 0.25) is 0 Å². The number of likely N-dealkylation sites (tertiary alicyclic amines) is 1. The summed E-state index contributed by atoms with van der Waals surface area (Å²) >= 11 is 0. The molecule has 2 rings (SSSR count). The van der Waals surface area contributed by atoms with E-state index in [0.717, 1.165) is 6.04 Å². The number of nitrogens with zero attached hydrogens (tertiary/aromatic N) is 1. The summed E-state index contributed by atoms with van der Waals surface area (Å²) in [6, 6.07) is 11.9. The van der Waals surface area contributed by atoms with Gasteiger partial charge >= 0.3 is 0 Å². The van der Waals surface area contributed by atoms with Crippen LogP contribution in [0.3, 0.4) is 0 Å². The number of nitrogens with two attached hydrogens (primary N) is 1. The van der Waals surface area contributed by atoms with Crippen molar-refractivity contribution in [1.29, 1.82) is 0 Å². The molecule has 0 radical (unpaired) electrons. The molecular formula is C17H28N2. The highest BCUT2D eigenvalue weighted by Crippen LogP contribution is 2.31. The van der Waals surface area contributed by atoms with Crippen LogP contribution in [0, 0.1) is 5.92 Å². The normalized spacial score (nSPS) is 23.7. The van der Waals surface area contributed by atoms with Gasteiger partial charge in [0.1, 0.15) is 0 Å². The van der Waals surface area contributed by atoms with E-state index in [1.54, 1.807) is 0 Å². The SMILES string of the molecule is CCC1CCCN1C(C(C)C)C(N)c1ccccc1. The van der Waals surface area contributed by atoms with Gasteiger partial charge in [0.15, 0.2) is 0 Å². The average molecular weight is 260 g/mol. The molecule has 0 aliphatic carbocycles. The zero-order valence-corrected chi connectivity index (χ0v) is 12.5. The fraction of sp³-hybridized carbons (Fsp3) is 0.647. The maximum absolute atomic E-state index is 6.60. The number of rotatable bonds is 5. The molecule has 1 heterocycles. The van der Waals surface area contributed by atoms with Gasteiger partial charge in [-0.3, -0.25) is 4.90 Å². The first kappa shape index (κ1) is 14.5. The smallest absolute Gasteiger partial charge is 0.0455 e. The van der Waals surface area contributed by atoms with Gasteiger partial charge in [-0.15, -0.1) is 0 Å². The van der Waals surface area contributed by atoms with Gasteiger partial charge in [0.25, 0.3) is 0 Å². The van der Waals surface area contributed by atoms with Gasteiger partial charge in [0.05, 0.1) is 0 Å². The first-order valence-electron chi connectivity index (χ1n) is 7.71. The van der Waals surface area contributed by atoms with Crippen molar-refractivity contribution in [2.45, 2.75) is 58.2 Å². The molecule has 1 aliphatic heterocycles. The molecule has 106 valence electrons. The molecule has 1 aromatic rings. The maximum Gasteiger partial charge on any atom is 0.0455 e. The molecule has 1 aromatic carbocycles. The molecule has 1 aliphatic rings. The van der Waals surface area contributed by atoms with Crippen LogP contribution in [-0.4, -0.2) is 23.5 Å². The van der Waals surface area contributed by atoms with Gasteiger partial charge < -0.3 is 5.73 Å². The topological polar surface area (TPSA) is 29.3 Å². The van der Waals surface area contributed by atoms with E-state index in [1.165, 1.54) is 31.4 Å². The molecular weight excluding hydrogens is 232 g/mol. The van der Waals surface area contributed by atoms with E-state index in [4.69, 9.17) is 5.73 Å². The first-order chi connectivity index (χ1) is 9.15. The van der Waals surface area contributed by atoms with Crippen molar-refractivity contribution in [3.8, 4) is 0 Å². The minimum absolute atomic E-state index is 0.119. The van der Waals surface area contributed by atoms with Gasteiger partial charge in [-0.1, -0.05) is 51.1 Å². The second-order valence-corrected chi connectivity index (χ2v) is 6.11. The Hall–Kier alpha value is -0.860. The fourth-order valence-corrected chi connectivity index (χ4v) is 3.57. The highest BCUT2D eigenvalue weighted by Gasteiger charge is 2.35. The molecule has 0 amide bonds. The highest BCUT2D eigenvalue weighted by atomic mass is 15.2. The van der Waals surface area contributed by atoms with E-state index in [-0.39, 0.29) is 6.04 Å². The molecule has 0 saturated carbocycles. The maximum atomic E-state index is 6.60. The standard InChI is InChI=1S/C17H28N2/c1-4-15-11-8-12-19(15)17(13(2)3)16(18)14-9-6-5-7-10-14/h5-7,9-10,13,15-17H,4,8,11-12,18H2,1-3H3. The average Bonchev–Trinajstić information content (AvgIpc) is 2.87. The predicted molar refractivity (Wildman–Crippen MR) is 82.0 cm³/mol. The lowest BCUT2D eigenvalue weighted by atomic mass is 9.89. The van der Waals surface area contributed by atoms with Crippen LogP contribution in [0.25, 0.3) is 0 Å². The molecule has 1 saturated heterocycles. The van der Waals surface area contributed by atoms with Crippen LogP contribution >= 0.6 is 0 Å². The number of hydrogen-bond acceptors (Lipinski definition) is 2. The van der Waals surface area contributed by atoms with Crippen LogP contribution in [-0.2, 0) is 0 Å². The largest absolute Gasteiger partial charge is 0.323 e. The first-order valence-corrected chi connectivity index (χ1v) is 7.71. The summed E-state index contributed by atoms with van der Waals surface area (Å²) in [5.41, 5.74) is 7.86. The molecule has 19 heavy (non-hydrogen) atoms. The summed E-state index contributed by atoms with van der Waals surface area (Å²) in [6.45, 7) is 8.12. The lowest BCUT2D eigenvalue weighted by Crippen LogP contribution is -2.48. The Morgan fingerprint density at radius 3 is 2.53 bits per heavy atom. The second kappa shape index (κ2) is 6.53. The van der Waals surface area contributed by atoms with E-state index < -0.39 is 0 Å².